The van der Waals surface area contributed by atoms with Crippen LogP contribution >= 0.6 is 0 Å². The number of fused-ring (bicyclic) bond motifs is 8. The first-order valence-corrected chi connectivity index (χ1v) is 20.3. The molecular weight excluding hydrogens is 723 g/mol. The van der Waals surface area contributed by atoms with Crippen molar-refractivity contribution in [3.05, 3.63) is 78.9 Å². The molecule has 290 valence electrons. The quantitative estimate of drug-likeness (QED) is 0.294. The first-order chi connectivity index (χ1) is 26.2. The zero-order valence-electron chi connectivity index (χ0n) is 31.2. The molecule has 55 heavy (non-hydrogen) atoms. The van der Waals surface area contributed by atoms with Gasteiger partial charge in [0, 0.05) is 30.0 Å². The van der Waals surface area contributed by atoms with Crippen LogP contribution in [0.3, 0.4) is 0 Å². The summed E-state index contributed by atoms with van der Waals surface area (Å²) >= 11 is 0. The lowest BCUT2D eigenvalue weighted by Crippen LogP contribution is -2.60. The van der Waals surface area contributed by atoms with Crippen molar-refractivity contribution in [1.29, 1.82) is 0 Å². The standard InChI is InChI=1S/C40H47N7O7S/c1-5-28-23-40(28,37(50)45-55(52,53)30-18-19-30)42-35(48)31-22-29-24-46(31)36(49)34(39(2,3)4)41-38(51)54-20-11-7-8-13-25-14-12-17-27(21-25)33-32(43-47(29)44-33)26-15-9-6-10-16-26/h5-6,8-10,12-17,21,28-31,34H,1,7,11,18-20,22-24H2,2-4H3,(H,41,51)(H,42,48)(H,45,50)/b13-8+/t28-,29-,31+,34-,40-/m1/s1. The van der Waals surface area contributed by atoms with E-state index >= 15 is 0 Å². The highest BCUT2D eigenvalue weighted by Gasteiger charge is 2.62. The predicted molar refractivity (Wildman–Crippen MR) is 205 cm³/mol. The Morgan fingerprint density at radius 2 is 1.75 bits per heavy atom. The molecule has 1 saturated heterocycles. The molecule has 15 heteroatoms. The van der Waals surface area contributed by atoms with Gasteiger partial charge in [-0.15, -0.1) is 6.58 Å². The molecule has 0 unspecified atom stereocenters. The van der Waals surface area contributed by atoms with Gasteiger partial charge in [0.15, 0.2) is 0 Å². The highest BCUT2D eigenvalue weighted by molar-refractivity contribution is 7.91. The van der Waals surface area contributed by atoms with Crippen LogP contribution in [0.25, 0.3) is 28.6 Å². The lowest BCUT2D eigenvalue weighted by molar-refractivity contribution is -0.142. The van der Waals surface area contributed by atoms with E-state index in [1.54, 1.807) is 25.6 Å². The fourth-order valence-corrected chi connectivity index (χ4v) is 8.68. The summed E-state index contributed by atoms with van der Waals surface area (Å²) in [5, 5.41) is 14.9. The normalized spacial score (nSPS) is 26.3. The molecule has 0 spiro atoms. The predicted octanol–water partition coefficient (Wildman–Crippen LogP) is 4.37. The number of amides is 4. The lowest BCUT2D eigenvalue weighted by Gasteiger charge is -2.35. The molecule has 0 radical (unpaired) electrons. The lowest BCUT2D eigenvalue weighted by atomic mass is 9.85. The third kappa shape index (κ3) is 7.93. The van der Waals surface area contributed by atoms with E-state index in [0.717, 1.165) is 16.7 Å². The third-order valence-electron chi connectivity index (χ3n) is 10.7. The minimum atomic E-state index is -3.90. The summed E-state index contributed by atoms with van der Waals surface area (Å²) in [4.78, 5) is 58.7. The van der Waals surface area contributed by atoms with E-state index < -0.39 is 74.1 Å². The molecule has 4 aliphatic rings. The number of carbonyl (C=O) groups excluding carboxylic acids is 4. The van der Waals surface area contributed by atoms with Crippen LogP contribution in [-0.4, -0.2) is 88.2 Å². The number of cyclic esters (lactones) is 1. The van der Waals surface area contributed by atoms with E-state index in [1.165, 1.54) is 11.0 Å². The molecular formula is C40H47N7O7S. The van der Waals surface area contributed by atoms with Crippen molar-refractivity contribution in [1.82, 2.24) is 35.2 Å². The molecule has 4 amide bonds. The number of benzene rings is 2. The zero-order chi connectivity index (χ0) is 39.1. The van der Waals surface area contributed by atoms with Gasteiger partial charge in [0.1, 0.15) is 29.0 Å². The zero-order valence-corrected chi connectivity index (χ0v) is 32.1. The van der Waals surface area contributed by atoms with Gasteiger partial charge in [0.25, 0.3) is 5.91 Å². The Balaban J connectivity index is 1.28. The minimum absolute atomic E-state index is 0.00545. The number of hydrogen-bond acceptors (Lipinski definition) is 9. The SMILES string of the molecule is C=C[C@@H]1C[C@]1(NC(=O)[C@@H]1C[C@@H]2CN1C(=O)[C@H](C(C)(C)C)NC(=O)OCCC/C=C/c1cccc(c1)-c1nn2nc1-c1ccccc1)C(=O)NS(=O)(=O)C1CC1. The van der Waals surface area contributed by atoms with Gasteiger partial charge < -0.3 is 20.3 Å². The average molecular weight is 770 g/mol. The highest BCUT2D eigenvalue weighted by atomic mass is 32.2. The van der Waals surface area contributed by atoms with Crippen LogP contribution < -0.4 is 15.4 Å². The van der Waals surface area contributed by atoms with Crippen molar-refractivity contribution in [3.63, 3.8) is 0 Å². The number of alkyl carbamates (subject to hydrolysis) is 1. The van der Waals surface area contributed by atoms with Crippen molar-refractivity contribution in [2.45, 2.75) is 88.2 Å². The van der Waals surface area contributed by atoms with Crippen LogP contribution in [0.2, 0.25) is 0 Å². The second-order valence-electron chi connectivity index (χ2n) is 15.9. The first kappa shape index (κ1) is 38.0. The number of aromatic nitrogens is 3. The molecule has 1 aromatic heterocycles. The summed E-state index contributed by atoms with van der Waals surface area (Å²) in [7, 11) is -3.90. The maximum atomic E-state index is 14.7. The molecule has 2 aliphatic heterocycles. The number of ether oxygens (including phenoxy) is 1. The Labute approximate surface area is 320 Å². The first-order valence-electron chi connectivity index (χ1n) is 18.7. The van der Waals surface area contributed by atoms with E-state index in [0.29, 0.717) is 37.1 Å². The number of hydrogen-bond donors (Lipinski definition) is 3. The summed E-state index contributed by atoms with van der Waals surface area (Å²) in [6.45, 7) is 9.35. The van der Waals surface area contributed by atoms with Crippen LogP contribution in [0.4, 0.5) is 4.79 Å². The Morgan fingerprint density at radius 3 is 2.42 bits per heavy atom. The number of rotatable bonds is 7. The van der Waals surface area contributed by atoms with Crippen LogP contribution in [0.15, 0.2) is 73.3 Å². The number of carbonyl (C=O) groups is 4. The monoisotopic (exact) mass is 769 g/mol. The van der Waals surface area contributed by atoms with Gasteiger partial charge in [-0.3, -0.25) is 19.1 Å². The number of nitrogens with one attached hydrogen (secondary N) is 3. The molecule has 6 bridgehead atoms. The van der Waals surface area contributed by atoms with Gasteiger partial charge in [-0.1, -0.05) is 87.5 Å². The van der Waals surface area contributed by atoms with Gasteiger partial charge >= 0.3 is 6.09 Å². The minimum Gasteiger partial charge on any atom is -0.450 e. The molecule has 3 aromatic rings. The van der Waals surface area contributed by atoms with Crippen molar-refractivity contribution in [2.24, 2.45) is 11.3 Å². The van der Waals surface area contributed by atoms with E-state index in [2.05, 4.69) is 21.9 Å². The molecule has 3 N–H and O–H groups in total. The Kier molecular flexibility index (Phi) is 10.2. The van der Waals surface area contributed by atoms with Crippen LogP contribution in [-0.2, 0) is 29.1 Å². The van der Waals surface area contributed by atoms with Crippen molar-refractivity contribution < 1.29 is 32.3 Å². The molecule has 2 saturated carbocycles. The van der Waals surface area contributed by atoms with Crippen molar-refractivity contribution >= 4 is 39.9 Å². The Morgan fingerprint density at radius 1 is 1.04 bits per heavy atom. The van der Waals surface area contributed by atoms with Gasteiger partial charge in [0.2, 0.25) is 21.8 Å². The third-order valence-corrected chi connectivity index (χ3v) is 12.5. The number of allylic oxidation sites excluding steroid dienone is 1. The summed E-state index contributed by atoms with van der Waals surface area (Å²) in [6, 6.07) is 14.7. The summed E-state index contributed by atoms with van der Waals surface area (Å²) in [6.07, 6.45) is 7.12. The summed E-state index contributed by atoms with van der Waals surface area (Å²) < 4.78 is 33.2. The highest BCUT2D eigenvalue weighted by Crippen LogP contribution is 2.46. The molecule has 14 nitrogen and oxygen atoms in total. The van der Waals surface area contributed by atoms with Gasteiger partial charge in [-0.25, -0.2) is 13.2 Å². The number of sulfonamides is 1. The van der Waals surface area contributed by atoms with E-state index in [1.807, 2.05) is 66.7 Å². The van der Waals surface area contributed by atoms with E-state index in [-0.39, 0.29) is 26.0 Å². The second kappa shape index (κ2) is 14.7. The average Bonchev–Trinajstić information content (AvgIpc) is 4.04. The summed E-state index contributed by atoms with van der Waals surface area (Å²) in [5.74, 6) is -2.53. The molecule has 3 fully saturated rings. The van der Waals surface area contributed by atoms with Crippen LogP contribution in [0.5, 0.6) is 0 Å². The fraction of sp³-hybridized carbons (Fsp3) is 0.450. The maximum absolute atomic E-state index is 14.7. The maximum Gasteiger partial charge on any atom is 0.407 e. The van der Waals surface area contributed by atoms with Crippen LogP contribution in [0.1, 0.15) is 70.9 Å². The van der Waals surface area contributed by atoms with E-state index in [9.17, 15) is 27.6 Å². The van der Waals surface area contributed by atoms with Gasteiger partial charge in [-0.05, 0) is 49.1 Å². The molecule has 7 rings (SSSR count). The fourth-order valence-electron chi connectivity index (χ4n) is 7.31. The molecule has 5 atom stereocenters. The molecule has 2 aromatic carbocycles. The molecule has 2 aliphatic carbocycles. The second-order valence-corrected chi connectivity index (χ2v) is 17.9. The van der Waals surface area contributed by atoms with E-state index in [4.69, 9.17) is 14.9 Å². The van der Waals surface area contributed by atoms with Gasteiger partial charge in [0.05, 0.1) is 17.9 Å². The smallest absolute Gasteiger partial charge is 0.407 e. The summed E-state index contributed by atoms with van der Waals surface area (Å²) in [5.41, 5.74) is 1.50. The number of nitrogens with zero attached hydrogens (tertiary/aromatic N) is 4. The van der Waals surface area contributed by atoms with Crippen LogP contribution in [0, 0.1) is 11.3 Å². The van der Waals surface area contributed by atoms with Gasteiger partial charge in [-0.2, -0.15) is 15.0 Å². The Hall–Kier alpha value is -5.31. The largest absolute Gasteiger partial charge is 0.450 e. The van der Waals surface area contributed by atoms with Crippen molar-refractivity contribution in [2.75, 3.05) is 13.2 Å². The Bertz CT molecular complexity index is 2140. The van der Waals surface area contributed by atoms with Crippen molar-refractivity contribution in [3.8, 4) is 22.5 Å². The molecule has 3 heterocycles. The topological polar surface area (TPSA) is 182 Å².